The van der Waals surface area contributed by atoms with Gasteiger partial charge in [-0.2, -0.15) is 0 Å². The number of methoxy groups -OCH3 is 1. The second-order valence-corrected chi connectivity index (χ2v) is 4.86. The fraction of sp³-hybridized carbons (Fsp3) is 0.333. The monoisotopic (exact) mass is 266 g/mol. The van der Waals surface area contributed by atoms with Crippen LogP contribution in [0.3, 0.4) is 0 Å². The van der Waals surface area contributed by atoms with Gasteiger partial charge in [0.15, 0.2) is 5.76 Å². The largest absolute Gasteiger partial charge is 0.468 e. The molecule has 0 saturated heterocycles. The second-order valence-electron chi connectivity index (χ2n) is 3.91. The van der Waals surface area contributed by atoms with Gasteiger partial charge in [-0.15, -0.1) is 11.3 Å². The fourth-order valence-electron chi connectivity index (χ4n) is 1.54. The predicted molar refractivity (Wildman–Crippen MR) is 68.2 cm³/mol. The van der Waals surface area contributed by atoms with Gasteiger partial charge in [0.25, 0.3) is 0 Å². The van der Waals surface area contributed by atoms with Gasteiger partial charge >= 0.3 is 5.97 Å². The third-order valence-corrected chi connectivity index (χ3v) is 3.27. The van der Waals surface area contributed by atoms with Gasteiger partial charge in [0.05, 0.1) is 24.2 Å². The maximum Gasteiger partial charge on any atom is 0.319 e. The Kier molecular flexibility index (Phi) is 4.11. The number of hydrogen-bond donors (Lipinski definition) is 0. The van der Waals surface area contributed by atoms with Crippen LogP contribution < -0.4 is 0 Å². The van der Waals surface area contributed by atoms with Gasteiger partial charge in [0.1, 0.15) is 0 Å². The average molecular weight is 266 g/mol. The standard InChI is InChI=1S/C12H14N2O3S/c1-14(8-12(15)16-2)7-9-6-10(17-13-9)11-4-3-5-18-11/h3-6H,7-8H2,1-2H3. The van der Waals surface area contributed by atoms with E-state index >= 15 is 0 Å². The average Bonchev–Trinajstić information content (AvgIpc) is 2.98. The highest BCUT2D eigenvalue weighted by Gasteiger charge is 2.11. The Bertz CT molecular complexity index is 507. The molecule has 0 amide bonds. The Morgan fingerprint density at radius 3 is 3.11 bits per heavy atom. The van der Waals surface area contributed by atoms with E-state index in [-0.39, 0.29) is 12.5 Å². The molecule has 2 aromatic rings. The van der Waals surface area contributed by atoms with Gasteiger partial charge < -0.3 is 9.26 Å². The van der Waals surface area contributed by atoms with Crippen LogP contribution in [0.25, 0.3) is 10.6 Å². The summed E-state index contributed by atoms with van der Waals surface area (Å²) in [6, 6.07) is 5.83. The molecule has 0 saturated carbocycles. The van der Waals surface area contributed by atoms with Crippen molar-refractivity contribution >= 4 is 17.3 Å². The van der Waals surface area contributed by atoms with Crippen molar-refractivity contribution < 1.29 is 14.1 Å². The molecule has 0 N–H and O–H groups in total. The van der Waals surface area contributed by atoms with Crippen molar-refractivity contribution in [2.24, 2.45) is 0 Å². The number of carbonyl (C=O) groups excluding carboxylic acids is 1. The molecule has 96 valence electrons. The van der Waals surface area contributed by atoms with Crippen LogP contribution >= 0.6 is 11.3 Å². The predicted octanol–water partition coefficient (Wildman–Crippen LogP) is 2.01. The number of esters is 1. The molecule has 0 spiro atoms. The molecule has 0 fully saturated rings. The van der Waals surface area contributed by atoms with Gasteiger partial charge in [0.2, 0.25) is 0 Å². The molecule has 0 aliphatic carbocycles. The van der Waals surface area contributed by atoms with Crippen LogP contribution in [0.5, 0.6) is 0 Å². The van der Waals surface area contributed by atoms with E-state index in [4.69, 9.17) is 4.52 Å². The summed E-state index contributed by atoms with van der Waals surface area (Å²) in [4.78, 5) is 14.0. The van der Waals surface area contributed by atoms with E-state index in [1.165, 1.54) is 7.11 Å². The van der Waals surface area contributed by atoms with E-state index in [1.807, 2.05) is 35.5 Å². The summed E-state index contributed by atoms with van der Waals surface area (Å²) >= 11 is 1.60. The number of nitrogens with zero attached hydrogens (tertiary/aromatic N) is 2. The normalized spacial score (nSPS) is 10.8. The summed E-state index contributed by atoms with van der Waals surface area (Å²) in [5.41, 5.74) is 0.796. The zero-order chi connectivity index (χ0) is 13.0. The summed E-state index contributed by atoms with van der Waals surface area (Å²) < 4.78 is 9.86. The molecule has 0 radical (unpaired) electrons. The lowest BCUT2D eigenvalue weighted by atomic mass is 10.3. The Morgan fingerprint density at radius 1 is 1.61 bits per heavy atom. The molecule has 0 aromatic carbocycles. The van der Waals surface area contributed by atoms with Crippen LogP contribution in [-0.2, 0) is 16.1 Å². The van der Waals surface area contributed by atoms with Crippen LogP contribution in [-0.4, -0.2) is 36.7 Å². The number of ether oxygens (including phenoxy) is 1. The van der Waals surface area contributed by atoms with E-state index in [2.05, 4.69) is 9.89 Å². The van der Waals surface area contributed by atoms with Crippen molar-refractivity contribution in [3.63, 3.8) is 0 Å². The molecule has 0 atom stereocenters. The van der Waals surface area contributed by atoms with E-state index in [1.54, 1.807) is 11.3 Å². The third-order valence-electron chi connectivity index (χ3n) is 2.38. The van der Waals surface area contributed by atoms with Crippen LogP contribution in [0.4, 0.5) is 0 Å². The highest BCUT2D eigenvalue weighted by atomic mass is 32.1. The number of hydrogen-bond acceptors (Lipinski definition) is 6. The van der Waals surface area contributed by atoms with E-state index in [0.717, 1.165) is 16.3 Å². The molecule has 6 heteroatoms. The lowest BCUT2D eigenvalue weighted by Crippen LogP contribution is -2.26. The van der Waals surface area contributed by atoms with Crippen LogP contribution in [0, 0.1) is 0 Å². The first-order valence-corrected chi connectivity index (χ1v) is 6.32. The summed E-state index contributed by atoms with van der Waals surface area (Å²) in [5.74, 6) is 0.492. The fourth-order valence-corrected chi connectivity index (χ4v) is 2.21. The molecular weight excluding hydrogens is 252 g/mol. The zero-order valence-corrected chi connectivity index (χ0v) is 11.1. The zero-order valence-electron chi connectivity index (χ0n) is 10.3. The first-order chi connectivity index (χ1) is 8.69. The van der Waals surface area contributed by atoms with Crippen LogP contribution in [0.15, 0.2) is 28.1 Å². The molecule has 5 nitrogen and oxygen atoms in total. The van der Waals surface area contributed by atoms with E-state index in [0.29, 0.717) is 6.54 Å². The summed E-state index contributed by atoms with van der Waals surface area (Å²) in [6.07, 6.45) is 0. The first kappa shape index (κ1) is 12.8. The van der Waals surface area contributed by atoms with Crippen LogP contribution in [0.1, 0.15) is 5.69 Å². The molecule has 2 heterocycles. The smallest absolute Gasteiger partial charge is 0.319 e. The van der Waals surface area contributed by atoms with Crippen molar-refractivity contribution in [2.75, 3.05) is 20.7 Å². The summed E-state index contributed by atoms with van der Waals surface area (Å²) in [7, 11) is 3.21. The molecular formula is C12H14N2O3S. The van der Waals surface area contributed by atoms with Gasteiger partial charge in [-0.25, -0.2) is 0 Å². The number of aromatic nitrogens is 1. The van der Waals surface area contributed by atoms with Crippen LogP contribution in [0.2, 0.25) is 0 Å². The lowest BCUT2D eigenvalue weighted by Gasteiger charge is -2.12. The number of thiophene rings is 1. The molecule has 2 aromatic heterocycles. The van der Waals surface area contributed by atoms with Gasteiger partial charge in [-0.3, -0.25) is 9.69 Å². The summed E-state index contributed by atoms with van der Waals surface area (Å²) in [5, 5.41) is 5.97. The molecule has 2 rings (SSSR count). The molecule has 0 unspecified atom stereocenters. The Hall–Kier alpha value is -1.66. The van der Waals surface area contributed by atoms with Crippen molar-refractivity contribution in [2.45, 2.75) is 6.54 Å². The number of likely N-dealkylation sites (N-methyl/N-ethyl adjacent to an activating group) is 1. The minimum atomic E-state index is -0.264. The number of carbonyl (C=O) groups is 1. The maximum absolute atomic E-state index is 11.1. The Balaban J connectivity index is 1.96. The first-order valence-electron chi connectivity index (χ1n) is 5.44. The summed E-state index contributed by atoms with van der Waals surface area (Å²) in [6.45, 7) is 0.779. The molecule has 0 aliphatic rings. The molecule has 0 aliphatic heterocycles. The molecule has 18 heavy (non-hydrogen) atoms. The maximum atomic E-state index is 11.1. The van der Waals surface area contributed by atoms with Crippen molar-refractivity contribution in [1.82, 2.24) is 10.1 Å². The minimum Gasteiger partial charge on any atom is -0.468 e. The van der Waals surface area contributed by atoms with Crippen molar-refractivity contribution in [3.05, 3.63) is 29.3 Å². The Labute approximate surface area is 109 Å². The van der Waals surface area contributed by atoms with Gasteiger partial charge in [-0.1, -0.05) is 11.2 Å². The van der Waals surface area contributed by atoms with Gasteiger partial charge in [-0.05, 0) is 18.5 Å². The van der Waals surface area contributed by atoms with E-state index in [9.17, 15) is 4.79 Å². The quantitative estimate of drug-likeness (QED) is 0.775. The second kappa shape index (κ2) is 5.79. The minimum absolute atomic E-state index is 0.234. The van der Waals surface area contributed by atoms with Crippen molar-refractivity contribution in [3.8, 4) is 10.6 Å². The number of rotatable bonds is 5. The SMILES string of the molecule is COC(=O)CN(C)Cc1cc(-c2cccs2)on1. The lowest BCUT2D eigenvalue weighted by molar-refractivity contribution is -0.141. The topological polar surface area (TPSA) is 55.6 Å². The molecule has 0 bridgehead atoms. The Morgan fingerprint density at radius 2 is 2.44 bits per heavy atom. The van der Waals surface area contributed by atoms with Gasteiger partial charge in [0, 0.05) is 12.6 Å². The third kappa shape index (κ3) is 3.18. The highest BCUT2D eigenvalue weighted by molar-refractivity contribution is 7.13. The van der Waals surface area contributed by atoms with E-state index < -0.39 is 0 Å². The van der Waals surface area contributed by atoms with Crippen molar-refractivity contribution in [1.29, 1.82) is 0 Å². The highest BCUT2D eigenvalue weighted by Crippen LogP contribution is 2.25.